The molecule has 25 heavy (non-hydrogen) atoms. The molecule has 2 rings (SSSR count). The Balaban J connectivity index is 2.10. The van der Waals surface area contributed by atoms with Gasteiger partial charge in [0.05, 0.1) is 0 Å². The molecule has 0 fully saturated rings. The van der Waals surface area contributed by atoms with E-state index in [1.54, 1.807) is 0 Å². The fourth-order valence-corrected chi connectivity index (χ4v) is 2.97. The Morgan fingerprint density at radius 1 is 1.00 bits per heavy atom. The quantitative estimate of drug-likeness (QED) is 0.791. The molecule has 0 radical (unpaired) electrons. The van der Waals surface area contributed by atoms with Gasteiger partial charge in [0.15, 0.2) is 0 Å². The van der Waals surface area contributed by atoms with Crippen LogP contribution in [0.1, 0.15) is 29.8 Å². The summed E-state index contributed by atoms with van der Waals surface area (Å²) in [5, 5.41) is 2.69. The fourth-order valence-electron chi connectivity index (χ4n) is 2.97. The molecule has 2 aromatic rings. The van der Waals surface area contributed by atoms with Gasteiger partial charge in [-0.3, -0.25) is 9.69 Å². The van der Waals surface area contributed by atoms with Crippen molar-refractivity contribution in [3.63, 3.8) is 0 Å². The lowest BCUT2D eigenvalue weighted by atomic mass is 10.0. The number of amides is 1. The summed E-state index contributed by atoms with van der Waals surface area (Å²) in [7, 11) is 0. The van der Waals surface area contributed by atoms with Crippen molar-refractivity contribution in [2.24, 2.45) is 0 Å². The van der Waals surface area contributed by atoms with Gasteiger partial charge in [-0.1, -0.05) is 50.2 Å². The van der Waals surface area contributed by atoms with E-state index in [-0.39, 0.29) is 6.04 Å². The minimum atomic E-state index is -0.847. The van der Waals surface area contributed by atoms with Crippen molar-refractivity contribution in [2.75, 3.05) is 19.6 Å². The second-order valence-electron chi connectivity index (χ2n) is 5.87. The summed E-state index contributed by atoms with van der Waals surface area (Å²) >= 11 is 0. The normalized spacial score (nSPS) is 12.2. The summed E-state index contributed by atoms with van der Waals surface area (Å²) in [4.78, 5) is 14.5. The molecule has 134 valence electrons. The summed E-state index contributed by atoms with van der Waals surface area (Å²) in [6.07, 6.45) is 0.753. The molecule has 1 N–H and O–H groups in total. The number of hydrogen-bond donors (Lipinski definition) is 1. The van der Waals surface area contributed by atoms with E-state index in [9.17, 15) is 13.6 Å². The molecule has 0 aliphatic heterocycles. The Labute approximate surface area is 147 Å². The van der Waals surface area contributed by atoms with E-state index in [0.29, 0.717) is 6.54 Å². The van der Waals surface area contributed by atoms with E-state index in [0.717, 1.165) is 37.2 Å². The predicted molar refractivity (Wildman–Crippen MR) is 95.5 cm³/mol. The summed E-state index contributed by atoms with van der Waals surface area (Å²) in [6, 6.07) is 13.5. The maximum atomic E-state index is 13.8. The highest BCUT2D eigenvalue weighted by molar-refractivity contribution is 5.94. The summed E-state index contributed by atoms with van der Waals surface area (Å²) in [6.45, 7) is 6.10. The van der Waals surface area contributed by atoms with Crippen LogP contribution in [-0.2, 0) is 6.42 Å². The topological polar surface area (TPSA) is 32.3 Å². The van der Waals surface area contributed by atoms with Gasteiger partial charge in [0.1, 0.15) is 17.2 Å². The molecular formula is C20H24F2N2O. The maximum Gasteiger partial charge on any atom is 0.257 e. The van der Waals surface area contributed by atoms with Gasteiger partial charge in [0, 0.05) is 12.6 Å². The first kappa shape index (κ1) is 19.1. The minimum absolute atomic E-state index is 0.0520. The highest BCUT2D eigenvalue weighted by Gasteiger charge is 2.21. The van der Waals surface area contributed by atoms with Gasteiger partial charge in [-0.05, 0) is 37.2 Å². The Morgan fingerprint density at radius 2 is 1.60 bits per heavy atom. The number of likely N-dealkylation sites (N-methyl/N-ethyl adjacent to an activating group) is 1. The molecule has 0 aliphatic rings. The van der Waals surface area contributed by atoms with Crippen molar-refractivity contribution in [1.29, 1.82) is 0 Å². The maximum absolute atomic E-state index is 13.8. The molecule has 0 unspecified atom stereocenters. The van der Waals surface area contributed by atoms with Crippen molar-refractivity contribution in [3.05, 3.63) is 71.3 Å². The lowest BCUT2D eigenvalue weighted by Gasteiger charge is -2.30. The van der Waals surface area contributed by atoms with E-state index in [1.165, 1.54) is 6.07 Å². The third-order valence-electron chi connectivity index (χ3n) is 4.33. The van der Waals surface area contributed by atoms with Crippen LogP contribution in [0, 0.1) is 11.6 Å². The number of nitrogens with one attached hydrogen (secondary N) is 1. The van der Waals surface area contributed by atoms with Gasteiger partial charge in [-0.2, -0.15) is 0 Å². The molecule has 5 heteroatoms. The first-order valence-corrected chi connectivity index (χ1v) is 8.57. The Hall–Kier alpha value is -2.27. The van der Waals surface area contributed by atoms with E-state index in [4.69, 9.17) is 0 Å². The van der Waals surface area contributed by atoms with Crippen molar-refractivity contribution < 1.29 is 13.6 Å². The summed E-state index contributed by atoms with van der Waals surface area (Å²) in [5.41, 5.74) is 0.631. The first-order chi connectivity index (χ1) is 12.1. The Kier molecular flexibility index (Phi) is 7.07. The average Bonchev–Trinajstić information content (AvgIpc) is 2.61. The zero-order valence-electron chi connectivity index (χ0n) is 14.6. The molecule has 0 saturated heterocycles. The van der Waals surface area contributed by atoms with Crippen molar-refractivity contribution in [2.45, 2.75) is 26.3 Å². The largest absolute Gasteiger partial charge is 0.350 e. The van der Waals surface area contributed by atoms with Gasteiger partial charge in [0.2, 0.25) is 0 Å². The third-order valence-corrected chi connectivity index (χ3v) is 4.33. The molecule has 0 spiro atoms. The molecule has 0 heterocycles. The van der Waals surface area contributed by atoms with E-state index < -0.39 is 23.1 Å². The van der Waals surface area contributed by atoms with Gasteiger partial charge >= 0.3 is 0 Å². The summed E-state index contributed by atoms with van der Waals surface area (Å²) in [5.74, 6) is -2.42. The predicted octanol–water partition coefficient (Wildman–Crippen LogP) is 3.65. The molecule has 1 amide bonds. The second-order valence-corrected chi connectivity index (χ2v) is 5.87. The monoisotopic (exact) mass is 346 g/mol. The van der Waals surface area contributed by atoms with Crippen LogP contribution in [0.3, 0.4) is 0 Å². The molecule has 3 nitrogen and oxygen atoms in total. The van der Waals surface area contributed by atoms with Crippen LogP contribution in [0.2, 0.25) is 0 Å². The van der Waals surface area contributed by atoms with E-state index in [1.807, 2.05) is 30.3 Å². The number of rotatable bonds is 8. The SMILES string of the molecule is CCN(CC)[C@@H](CNC(=O)c1c(F)cccc1F)Cc1ccccc1. The molecule has 0 bridgehead atoms. The van der Waals surface area contributed by atoms with Crippen LogP contribution in [0.5, 0.6) is 0 Å². The van der Waals surface area contributed by atoms with Crippen LogP contribution in [0.4, 0.5) is 8.78 Å². The highest BCUT2D eigenvalue weighted by Crippen LogP contribution is 2.13. The molecule has 0 saturated carbocycles. The number of carbonyl (C=O) groups excluding carboxylic acids is 1. The van der Waals surface area contributed by atoms with E-state index >= 15 is 0 Å². The molecule has 0 aliphatic carbocycles. The zero-order chi connectivity index (χ0) is 18.2. The average molecular weight is 346 g/mol. The van der Waals surface area contributed by atoms with Gasteiger partial charge < -0.3 is 5.32 Å². The van der Waals surface area contributed by atoms with Gasteiger partial charge in [-0.25, -0.2) is 8.78 Å². The molecule has 2 aromatic carbocycles. The molecule has 0 aromatic heterocycles. The highest BCUT2D eigenvalue weighted by atomic mass is 19.1. The van der Waals surface area contributed by atoms with Crippen LogP contribution >= 0.6 is 0 Å². The number of nitrogens with zero attached hydrogens (tertiary/aromatic N) is 1. The zero-order valence-corrected chi connectivity index (χ0v) is 14.6. The second kappa shape index (κ2) is 9.28. The number of benzene rings is 2. The van der Waals surface area contributed by atoms with Crippen molar-refractivity contribution in [1.82, 2.24) is 10.2 Å². The van der Waals surface area contributed by atoms with E-state index in [2.05, 4.69) is 24.1 Å². The molecule has 1 atom stereocenters. The minimum Gasteiger partial charge on any atom is -0.350 e. The van der Waals surface area contributed by atoms with Gasteiger partial charge in [-0.15, -0.1) is 0 Å². The summed E-state index contributed by atoms with van der Waals surface area (Å²) < 4.78 is 27.5. The van der Waals surface area contributed by atoms with Crippen LogP contribution < -0.4 is 5.32 Å². The van der Waals surface area contributed by atoms with Crippen LogP contribution in [0.15, 0.2) is 48.5 Å². The third kappa shape index (κ3) is 5.10. The van der Waals surface area contributed by atoms with Gasteiger partial charge in [0.25, 0.3) is 5.91 Å². The van der Waals surface area contributed by atoms with Crippen molar-refractivity contribution >= 4 is 5.91 Å². The van der Waals surface area contributed by atoms with Crippen LogP contribution in [-0.4, -0.2) is 36.5 Å². The smallest absolute Gasteiger partial charge is 0.257 e. The lowest BCUT2D eigenvalue weighted by Crippen LogP contribution is -2.45. The number of hydrogen-bond acceptors (Lipinski definition) is 2. The standard InChI is InChI=1S/C20H24F2N2O/c1-3-24(4-2)16(13-15-9-6-5-7-10-15)14-23-20(25)19-17(21)11-8-12-18(19)22/h5-12,16H,3-4,13-14H2,1-2H3,(H,23,25)/t16-/m1/s1. The number of carbonyl (C=O) groups is 1. The number of halogens is 2. The Bertz CT molecular complexity index is 667. The Morgan fingerprint density at radius 3 is 2.16 bits per heavy atom. The van der Waals surface area contributed by atoms with Crippen LogP contribution in [0.25, 0.3) is 0 Å². The van der Waals surface area contributed by atoms with Crippen molar-refractivity contribution in [3.8, 4) is 0 Å². The first-order valence-electron chi connectivity index (χ1n) is 8.57. The lowest BCUT2D eigenvalue weighted by molar-refractivity contribution is 0.0926. The fraction of sp³-hybridized carbons (Fsp3) is 0.350. The molecular weight excluding hydrogens is 322 g/mol.